The average molecular weight is 420 g/mol. The smallest absolute Gasteiger partial charge is 0.261 e. The Morgan fingerprint density at radius 2 is 2.04 bits per heavy atom. The highest BCUT2D eigenvalue weighted by atomic mass is 35.5. The molecule has 1 aliphatic heterocycles. The Kier molecular flexibility index (Phi) is 6.70. The number of aryl methyl sites for hydroxylation is 1. The molecule has 0 unspecified atom stereocenters. The van der Waals surface area contributed by atoms with E-state index in [9.17, 15) is 14.4 Å². The molecule has 0 aliphatic carbocycles. The van der Waals surface area contributed by atoms with Crippen molar-refractivity contribution in [1.29, 1.82) is 0 Å². The van der Waals surface area contributed by atoms with Crippen LogP contribution in [0, 0.1) is 6.92 Å². The van der Waals surface area contributed by atoms with Gasteiger partial charge in [-0.2, -0.15) is 0 Å². The van der Waals surface area contributed by atoms with Crippen LogP contribution < -0.4 is 15.5 Å². The summed E-state index contributed by atoms with van der Waals surface area (Å²) in [4.78, 5) is 38.5. The third-order valence-electron chi connectivity index (χ3n) is 4.53. The number of hydrogen-bond acceptors (Lipinski definition) is 4. The van der Waals surface area contributed by atoms with Crippen molar-refractivity contribution >= 4 is 52.0 Å². The third-order valence-corrected chi connectivity index (χ3v) is 5.76. The first-order valence-electron chi connectivity index (χ1n) is 9.18. The Balaban J connectivity index is 1.50. The van der Waals surface area contributed by atoms with Crippen molar-refractivity contribution in [3.8, 4) is 0 Å². The van der Waals surface area contributed by atoms with Crippen molar-refractivity contribution in [2.75, 3.05) is 23.3 Å². The number of anilines is 2. The van der Waals surface area contributed by atoms with Gasteiger partial charge >= 0.3 is 0 Å². The summed E-state index contributed by atoms with van der Waals surface area (Å²) >= 11 is 7.01. The summed E-state index contributed by atoms with van der Waals surface area (Å²) in [7, 11) is 0. The Labute approximate surface area is 172 Å². The molecule has 0 bridgehead atoms. The van der Waals surface area contributed by atoms with Crippen LogP contribution >= 0.6 is 22.9 Å². The number of halogens is 1. The third kappa shape index (κ3) is 5.11. The molecule has 1 aromatic heterocycles. The molecule has 0 spiro atoms. The number of rotatable bonds is 6. The van der Waals surface area contributed by atoms with Crippen molar-refractivity contribution in [1.82, 2.24) is 5.32 Å². The standard InChI is InChI=1S/C20H22ClN3O3S/c1-13-12-14(5-6-15(13)24-11-3-2-4-19(24)26)23-18(25)9-10-22-20(27)16-7-8-17(21)28-16/h5-8,12H,2-4,9-11H2,1H3,(H,22,27)(H,23,25). The van der Waals surface area contributed by atoms with Gasteiger partial charge in [-0.1, -0.05) is 11.6 Å². The summed E-state index contributed by atoms with van der Waals surface area (Å²) in [5.41, 5.74) is 2.51. The van der Waals surface area contributed by atoms with Gasteiger partial charge in [0, 0.05) is 37.3 Å². The fourth-order valence-electron chi connectivity index (χ4n) is 3.13. The van der Waals surface area contributed by atoms with Crippen molar-refractivity contribution in [2.45, 2.75) is 32.6 Å². The van der Waals surface area contributed by atoms with Crippen LogP contribution in [0.25, 0.3) is 0 Å². The summed E-state index contributed by atoms with van der Waals surface area (Å²) < 4.78 is 0.549. The molecule has 0 atom stereocenters. The second kappa shape index (κ2) is 9.21. The summed E-state index contributed by atoms with van der Waals surface area (Å²) in [6.07, 6.45) is 2.70. The molecule has 8 heteroatoms. The lowest BCUT2D eigenvalue weighted by Crippen LogP contribution is -2.35. The van der Waals surface area contributed by atoms with Gasteiger partial charge in [0.05, 0.1) is 9.21 Å². The lowest BCUT2D eigenvalue weighted by Gasteiger charge is -2.28. The Morgan fingerprint density at radius 1 is 1.21 bits per heavy atom. The molecule has 1 aliphatic rings. The normalized spacial score (nSPS) is 14.1. The summed E-state index contributed by atoms with van der Waals surface area (Å²) in [6, 6.07) is 8.85. The molecule has 3 rings (SSSR count). The molecule has 3 amide bonds. The zero-order valence-corrected chi connectivity index (χ0v) is 17.2. The Morgan fingerprint density at radius 3 is 2.71 bits per heavy atom. The van der Waals surface area contributed by atoms with Crippen LogP contribution in [0.2, 0.25) is 4.34 Å². The number of hydrogen-bond donors (Lipinski definition) is 2. The second-order valence-corrected chi connectivity index (χ2v) is 8.38. The number of nitrogens with one attached hydrogen (secondary N) is 2. The maximum absolute atomic E-state index is 12.1. The first-order valence-corrected chi connectivity index (χ1v) is 10.4. The lowest BCUT2D eigenvalue weighted by molar-refractivity contribution is -0.119. The molecule has 2 aromatic rings. The first-order chi connectivity index (χ1) is 13.4. The average Bonchev–Trinajstić information content (AvgIpc) is 3.09. The molecule has 2 heterocycles. The van der Waals surface area contributed by atoms with Gasteiger partial charge in [-0.05, 0) is 55.7 Å². The number of thiophene rings is 1. The predicted octanol–water partition coefficient (Wildman–Crippen LogP) is 3.99. The van der Waals surface area contributed by atoms with E-state index < -0.39 is 0 Å². The summed E-state index contributed by atoms with van der Waals surface area (Å²) in [6.45, 7) is 2.90. The Bertz CT molecular complexity index is 897. The van der Waals surface area contributed by atoms with Gasteiger partial charge in [-0.15, -0.1) is 11.3 Å². The maximum atomic E-state index is 12.1. The highest BCUT2D eigenvalue weighted by Crippen LogP contribution is 2.27. The predicted molar refractivity (Wildman–Crippen MR) is 112 cm³/mol. The van der Waals surface area contributed by atoms with Gasteiger partial charge in [0.15, 0.2) is 0 Å². The quantitative estimate of drug-likeness (QED) is 0.743. The van der Waals surface area contributed by atoms with E-state index in [0.717, 1.165) is 30.6 Å². The fraction of sp³-hybridized carbons (Fsp3) is 0.350. The number of piperidine rings is 1. The van der Waals surface area contributed by atoms with Crippen LogP contribution in [0.1, 0.15) is 40.9 Å². The molecule has 148 valence electrons. The lowest BCUT2D eigenvalue weighted by atomic mass is 10.1. The van der Waals surface area contributed by atoms with Gasteiger partial charge in [0.25, 0.3) is 5.91 Å². The van der Waals surface area contributed by atoms with Crippen LogP contribution in [0.3, 0.4) is 0 Å². The van der Waals surface area contributed by atoms with Crippen molar-refractivity contribution in [2.24, 2.45) is 0 Å². The van der Waals surface area contributed by atoms with Gasteiger partial charge in [-0.3, -0.25) is 14.4 Å². The summed E-state index contributed by atoms with van der Waals surface area (Å²) in [5, 5.41) is 5.53. The molecule has 1 aromatic carbocycles. The number of nitrogens with zero attached hydrogens (tertiary/aromatic N) is 1. The molecule has 28 heavy (non-hydrogen) atoms. The Hall–Kier alpha value is -2.38. The second-order valence-electron chi connectivity index (χ2n) is 6.66. The van der Waals surface area contributed by atoms with E-state index in [4.69, 9.17) is 11.6 Å². The van der Waals surface area contributed by atoms with Gasteiger partial charge in [0.2, 0.25) is 11.8 Å². The largest absolute Gasteiger partial charge is 0.351 e. The van der Waals surface area contributed by atoms with E-state index in [2.05, 4.69) is 10.6 Å². The molecule has 1 fully saturated rings. The van der Waals surface area contributed by atoms with Crippen LogP contribution in [0.15, 0.2) is 30.3 Å². The van der Waals surface area contributed by atoms with Crippen LogP contribution in [0.5, 0.6) is 0 Å². The molecule has 1 saturated heterocycles. The number of amides is 3. The minimum absolute atomic E-state index is 0.147. The van der Waals surface area contributed by atoms with Gasteiger partial charge in [0.1, 0.15) is 0 Å². The molecular formula is C20H22ClN3O3S. The van der Waals surface area contributed by atoms with Gasteiger partial charge < -0.3 is 15.5 Å². The fourth-order valence-corrected chi connectivity index (χ4v) is 4.09. The first kappa shape index (κ1) is 20.4. The minimum Gasteiger partial charge on any atom is -0.351 e. The number of benzene rings is 1. The number of carbonyl (C=O) groups excluding carboxylic acids is 3. The number of carbonyl (C=O) groups is 3. The molecule has 0 saturated carbocycles. The van der Waals surface area contributed by atoms with Crippen LogP contribution in [0.4, 0.5) is 11.4 Å². The summed E-state index contributed by atoms with van der Waals surface area (Å²) in [5.74, 6) is -0.282. The van der Waals surface area contributed by atoms with E-state index in [-0.39, 0.29) is 30.7 Å². The highest BCUT2D eigenvalue weighted by Gasteiger charge is 2.21. The zero-order valence-electron chi connectivity index (χ0n) is 15.6. The highest BCUT2D eigenvalue weighted by molar-refractivity contribution is 7.18. The molecule has 0 radical (unpaired) electrons. The van der Waals surface area contributed by atoms with E-state index >= 15 is 0 Å². The van der Waals surface area contributed by atoms with Crippen LogP contribution in [-0.2, 0) is 9.59 Å². The van der Waals surface area contributed by atoms with Crippen molar-refractivity contribution in [3.63, 3.8) is 0 Å². The minimum atomic E-state index is -0.240. The topological polar surface area (TPSA) is 78.5 Å². The van der Waals surface area contributed by atoms with E-state index in [1.165, 1.54) is 11.3 Å². The van der Waals surface area contributed by atoms with E-state index in [1.807, 2.05) is 24.0 Å². The monoisotopic (exact) mass is 419 g/mol. The maximum Gasteiger partial charge on any atom is 0.261 e. The zero-order chi connectivity index (χ0) is 20.1. The van der Waals surface area contributed by atoms with Gasteiger partial charge in [-0.25, -0.2) is 0 Å². The SMILES string of the molecule is Cc1cc(NC(=O)CCNC(=O)c2ccc(Cl)s2)ccc1N1CCCCC1=O. The van der Waals surface area contributed by atoms with Crippen molar-refractivity contribution < 1.29 is 14.4 Å². The van der Waals surface area contributed by atoms with E-state index in [1.54, 1.807) is 18.2 Å². The molecular weight excluding hydrogens is 398 g/mol. The molecule has 6 nitrogen and oxygen atoms in total. The van der Waals surface area contributed by atoms with E-state index in [0.29, 0.717) is 21.3 Å². The van der Waals surface area contributed by atoms with Crippen molar-refractivity contribution in [3.05, 3.63) is 45.1 Å². The van der Waals surface area contributed by atoms with Crippen LogP contribution in [-0.4, -0.2) is 30.8 Å². The molecule has 2 N–H and O–H groups in total.